The number of nitrogens with one attached hydrogen (secondary N) is 1. The first-order chi connectivity index (χ1) is 15.5. The Bertz CT molecular complexity index is 981. The summed E-state index contributed by atoms with van der Waals surface area (Å²) in [6.45, 7) is 2.04. The SMILES string of the molecule is CC(CCC(=O)N1CSCC1C(=O)O)NC(=O)OCC1c2ccccc2-c2ccccc21. The van der Waals surface area contributed by atoms with Crippen molar-refractivity contribution in [2.24, 2.45) is 0 Å². The molecule has 0 spiro atoms. The van der Waals surface area contributed by atoms with Crippen LogP contribution in [0.5, 0.6) is 0 Å². The van der Waals surface area contributed by atoms with Crippen molar-refractivity contribution in [3.8, 4) is 11.1 Å². The van der Waals surface area contributed by atoms with Gasteiger partial charge in [-0.2, -0.15) is 0 Å². The summed E-state index contributed by atoms with van der Waals surface area (Å²) in [7, 11) is 0. The summed E-state index contributed by atoms with van der Waals surface area (Å²) in [6, 6.07) is 15.3. The van der Waals surface area contributed by atoms with Crippen molar-refractivity contribution in [1.29, 1.82) is 0 Å². The number of carboxylic acid groups (broad SMARTS) is 1. The number of benzene rings is 2. The first-order valence-electron chi connectivity index (χ1n) is 10.7. The molecule has 8 heteroatoms. The number of amides is 2. The van der Waals surface area contributed by atoms with Crippen molar-refractivity contribution in [3.63, 3.8) is 0 Å². The number of carboxylic acids is 1. The van der Waals surface area contributed by atoms with Gasteiger partial charge in [0.15, 0.2) is 0 Å². The molecule has 32 heavy (non-hydrogen) atoms. The number of hydrogen-bond acceptors (Lipinski definition) is 5. The third-order valence-electron chi connectivity index (χ3n) is 5.99. The number of rotatable bonds is 7. The van der Waals surface area contributed by atoms with Crippen molar-refractivity contribution < 1.29 is 24.2 Å². The highest BCUT2D eigenvalue weighted by Gasteiger charge is 2.34. The summed E-state index contributed by atoms with van der Waals surface area (Å²) >= 11 is 1.44. The highest BCUT2D eigenvalue weighted by Crippen LogP contribution is 2.44. The van der Waals surface area contributed by atoms with Crippen molar-refractivity contribution >= 4 is 29.7 Å². The molecule has 2 aromatic carbocycles. The van der Waals surface area contributed by atoms with Crippen LogP contribution in [0.25, 0.3) is 11.1 Å². The van der Waals surface area contributed by atoms with Crippen molar-refractivity contribution in [3.05, 3.63) is 59.7 Å². The lowest BCUT2D eigenvalue weighted by molar-refractivity contribution is -0.147. The first kappa shape index (κ1) is 22.2. The van der Waals surface area contributed by atoms with Crippen LogP contribution in [0.2, 0.25) is 0 Å². The zero-order chi connectivity index (χ0) is 22.7. The van der Waals surface area contributed by atoms with Gasteiger partial charge in [-0.25, -0.2) is 9.59 Å². The van der Waals surface area contributed by atoms with E-state index in [0.29, 0.717) is 18.1 Å². The Morgan fingerprint density at radius 2 is 1.75 bits per heavy atom. The average molecular weight is 455 g/mol. The fourth-order valence-corrected chi connectivity index (χ4v) is 5.46. The predicted octanol–water partition coefficient (Wildman–Crippen LogP) is 3.68. The highest BCUT2D eigenvalue weighted by atomic mass is 32.2. The minimum absolute atomic E-state index is 0.00865. The van der Waals surface area contributed by atoms with Gasteiger partial charge in [0, 0.05) is 24.1 Å². The second-order valence-corrected chi connectivity index (χ2v) is 9.13. The van der Waals surface area contributed by atoms with Crippen LogP contribution in [-0.2, 0) is 14.3 Å². The number of carbonyl (C=O) groups excluding carboxylic acids is 2. The molecule has 2 amide bonds. The lowest BCUT2D eigenvalue weighted by atomic mass is 9.98. The molecule has 0 aromatic heterocycles. The molecule has 1 saturated heterocycles. The zero-order valence-corrected chi connectivity index (χ0v) is 18.6. The monoisotopic (exact) mass is 454 g/mol. The Kier molecular flexibility index (Phi) is 6.69. The van der Waals surface area contributed by atoms with Crippen molar-refractivity contribution in [1.82, 2.24) is 10.2 Å². The van der Waals surface area contributed by atoms with Crippen LogP contribution in [0.3, 0.4) is 0 Å². The predicted molar refractivity (Wildman–Crippen MR) is 122 cm³/mol. The normalized spacial score (nSPS) is 18.0. The van der Waals surface area contributed by atoms with Gasteiger partial charge in [-0.3, -0.25) is 4.79 Å². The molecule has 0 radical (unpaired) electrons. The summed E-state index contributed by atoms with van der Waals surface area (Å²) < 4.78 is 5.54. The summed E-state index contributed by atoms with van der Waals surface area (Å²) in [5, 5.41) is 12.0. The molecule has 0 saturated carbocycles. The van der Waals surface area contributed by atoms with Crippen LogP contribution >= 0.6 is 11.8 Å². The van der Waals surface area contributed by atoms with Gasteiger partial charge in [-0.1, -0.05) is 48.5 Å². The zero-order valence-electron chi connectivity index (χ0n) is 17.8. The molecule has 1 aliphatic carbocycles. The van der Waals surface area contributed by atoms with E-state index in [2.05, 4.69) is 29.6 Å². The van der Waals surface area contributed by atoms with Gasteiger partial charge in [0.2, 0.25) is 5.91 Å². The van der Waals surface area contributed by atoms with Gasteiger partial charge in [0.25, 0.3) is 0 Å². The molecule has 1 fully saturated rings. The fourth-order valence-electron chi connectivity index (χ4n) is 4.29. The van der Waals surface area contributed by atoms with E-state index in [4.69, 9.17) is 4.74 Å². The Labute approximate surface area is 191 Å². The molecular formula is C24H26N2O5S. The molecular weight excluding hydrogens is 428 g/mol. The minimum atomic E-state index is -0.979. The summed E-state index contributed by atoms with van der Waals surface area (Å²) in [6.07, 6.45) is 0.0676. The molecule has 2 aromatic rings. The van der Waals surface area contributed by atoms with Gasteiger partial charge in [0.1, 0.15) is 12.6 Å². The summed E-state index contributed by atoms with van der Waals surface area (Å²) in [4.78, 5) is 37.4. The molecule has 4 rings (SSSR count). The quantitative estimate of drug-likeness (QED) is 0.663. The number of thioether (sulfide) groups is 1. The molecule has 7 nitrogen and oxygen atoms in total. The van der Waals surface area contributed by atoms with Gasteiger partial charge >= 0.3 is 12.1 Å². The number of carbonyl (C=O) groups is 3. The largest absolute Gasteiger partial charge is 0.480 e. The maximum absolute atomic E-state index is 12.4. The number of aliphatic carboxylic acids is 1. The minimum Gasteiger partial charge on any atom is -0.480 e. The number of alkyl carbamates (subject to hydrolysis) is 1. The smallest absolute Gasteiger partial charge is 0.407 e. The number of nitrogens with zero attached hydrogens (tertiary/aromatic N) is 1. The lowest BCUT2D eigenvalue weighted by Crippen LogP contribution is -2.42. The molecule has 1 aliphatic heterocycles. The van der Waals surface area contributed by atoms with E-state index in [0.717, 1.165) is 11.1 Å². The first-order valence-corrected chi connectivity index (χ1v) is 11.8. The third kappa shape index (κ3) is 4.60. The number of ether oxygens (including phenoxy) is 1. The summed E-state index contributed by atoms with van der Waals surface area (Å²) in [5.41, 5.74) is 4.64. The van der Waals surface area contributed by atoms with Crippen molar-refractivity contribution in [2.75, 3.05) is 18.2 Å². The van der Waals surface area contributed by atoms with E-state index in [1.165, 1.54) is 27.8 Å². The van der Waals surface area contributed by atoms with Crippen molar-refractivity contribution in [2.45, 2.75) is 37.8 Å². The maximum atomic E-state index is 12.4. The van der Waals surface area contributed by atoms with Crippen LogP contribution < -0.4 is 5.32 Å². The lowest BCUT2D eigenvalue weighted by Gasteiger charge is -2.21. The molecule has 2 atom stereocenters. The maximum Gasteiger partial charge on any atom is 0.407 e. The second-order valence-electron chi connectivity index (χ2n) is 8.13. The molecule has 2 N–H and O–H groups in total. The van der Waals surface area contributed by atoms with E-state index >= 15 is 0 Å². The Balaban J connectivity index is 1.27. The Hall–Kier alpha value is -3.00. The topological polar surface area (TPSA) is 95.9 Å². The molecule has 2 unspecified atom stereocenters. The van der Waals surface area contributed by atoms with E-state index in [9.17, 15) is 19.5 Å². The Morgan fingerprint density at radius 1 is 1.12 bits per heavy atom. The van der Waals surface area contributed by atoms with E-state index in [-0.39, 0.29) is 30.9 Å². The van der Waals surface area contributed by atoms with Gasteiger partial charge in [-0.15, -0.1) is 11.8 Å². The fraction of sp³-hybridized carbons (Fsp3) is 0.375. The van der Waals surface area contributed by atoms with Gasteiger partial charge in [0.05, 0.1) is 5.88 Å². The summed E-state index contributed by atoms with van der Waals surface area (Å²) in [5.74, 6) is -0.388. The van der Waals surface area contributed by atoms with Gasteiger partial charge < -0.3 is 20.1 Å². The van der Waals surface area contributed by atoms with Crippen LogP contribution in [0, 0.1) is 0 Å². The second kappa shape index (κ2) is 9.65. The molecule has 0 bridgehead atoms. The Morgan fingerprint density at radius 3 is 2.38 bits per heavy atom. The third-order valence-corrected chi connectivity index (χ3v) is 7.00. The number of hydrogen-bond donors (Lipinski definition) is 2. The molecule has 1 heterocycles. The van der Waals surface area contributed by atoms with E-state index in [1.807, 2.05) is 31.2 Å². The van der Waals surface area contributed by atoms with Crippen LogP contribution in [0.4, 0.5) is 4.79 Å². The average Bonchev–Trinajstić information content (AvgIpc) is 3.40. The van der Waals surface area contributed by atoms with Crippen LogP contribution in [0.15, 0.2) is 48.5 Å². The molecule has 168 valence electrons. The van der Waals surface area contributed by atoms with Crippen LogP contribution in [0.1, 0.15) is 36.8 Å². The number of fused-ring (bicyclic) bond motifs is 3. The standard InChI is InChI=1S/C24H26N2O5S/c1-15(10-11-22(27)26-14-32-13-21(26)23(28)29)25-24(30)31-12-20-18-8-4-2-6-16(18)17-7-3-5-9-19(17)20/h2-9,15,20-21H,10-14H2,1H3,(H,25,30)(H,28,29). The van der Waals surface area contributed by atoms with Crippen LogP contribution in [-0.4, -0.2) is 58.3 Å². The van der Waals surface area contributed by atoms with E-state index < -0.39 is 18.1 Å². The highest BCUT2D eigenvalue weighted by molar-refractivity contribution is 7.99. The molecule has 2 aliphatic rings. The van der Waals surface area contributed by atoms with E-state index in [1.54, 1.807) is 0 Å². The van der Waals surface area contributed by atoms with Gasteiger partial charge in [-0.05, 0) is 35.6 Å².